The van der Waals surface area contributed by atoms with Gasteiger partial charge in [0, 0.05) is 19.3 Å². The molecule has 1 aliphatic heterocycles. The number of rotatable bonds is 3. The van der Waals surface area contributed by atoms with Crippen molar-refractivity contribution in [1.29, 1.82) is 0 Å². The molecule has 0 saturated carbocycles. The zero-order valence-electron chi connectivity index (χ0n) is 14.5. The molecule has 0 spiro atoms. The van der Waals surface area contributed by atoms with Gasteiger partial charge in [-0.05, 0) is 43.5 Å². The number of carbonyl (C=O) groups is 2. The molecule has 1 saturated heterocycles. The summed E-state index contributed by atoms with van der Waals surface area (Å²) in [5.41, 5.74) is 1.14. The minimum absolute atomic E-state index is 0.132. The number of piperidine rings is 1. The van der Waals surface area contributed by atoms with Crippen LogP contribution in [0.15, 0.2) is 42.6 Å². The van der Waals surface area contributed by atoms with E-state index in [9.17, 15) is 14.0 Å². The van der Waals surface area contributed by atoms with Crippen LogP contribution in [0.25, 0.3) is 0 Å². The van der Waals surface area contributed by atoms with E-state index in [0.717, 1.165) is 5.56 Å². The molecule has 1 aliphatic rings. The molecule has 1 aromatic heterocycles. The number of pyridine rings is 1. The van der Waals surface area contributed by atoms with Gasteiger partial charge >= 0.3 is 6.03 Å². The van der Waals surface area contributed by atoms with E-state index >= 15 is 0 Å². The van der Waals surface area contributed by atoms with Gasteiger partial charge in [-0.1, -0.05) is 18.2 Å². The van der Waals surface area contributed by atoms with Crippen molar-refractivity contribution in [2.24, 2.45) is 5.92 Å². The summed E-state index contributed by atoms with van der Waals surface area (Å²) in [5, 5.41) is 5.35. The Kier molecular flexibility index (Phi) is 5.46. The second kappa shape index (κ2) is 7.95. The zero-order valence-corrected chi connectivity index (χ0v) is 14.5. The Balaban J connectivity index is 1.59. The third-order valence-corrected chi connectivity index (χ3v) is 4.36. The summed E-state index contributed by atoms with van der Waals surface area (Å²) >= 11 is 0. The number of carbonyl (C=O) groups excluding carboxylic acids is 2. The summed E-state index contributed by atoms with van der Waals surface area (Å²) < 4.78 is 13.7. The molecule has 3 amide bonds. The number of aromatic nitrogens is 1. The number of likely N-dealkylation sites (tertiary alicyclic amines) is 1. The number of aryl methyl sites for hydroxylation is 1. The quantitative estimate of drug-likeness (QED) is 0.885. The predicted octanol–water partition coefficient (Wildman–Crippen LogP) is 3.41. The maximum absolute atomic E-state index is 13.7. The number of nitrogens with zero attached hydrogens (tertiary/aromatic N) is 2. The molecule has 136 valence electrons. The third-order valence-electron chi connectivity index (χ3n) is 4.36. The fraction of sp³-hybridized carbons (Fsp3) is 0.316. The molecule has 1 atom stereocenters. The highest BCUT2D eigenvalue weighted by atomic mass is 19.1. The summed E-state index contributed by atoms with van der Waals surface area (Å²) in [6.45, 7) is 2.75. The summed E-state index contributed by atoms with van der Waals surface area (Å²) in [4.78, 5) is 30.6. The van der Waals surface area contributed by atoms with Crippen molar-refractivity contribution < 1.29 is 14.0 Å². The smallest absolute Gasteiger partial charge is 0.321 e. The fourth-order valence-electron chi connectivity index (χ4n) is 2.90. The molecule has 2 N–H and O–H groups in total. The van der Waals surface area contributed by atoms with Crippen molar-refractivity contribution in [3.8, 4) is 0 Å². The molecule has 3 rings (SSSR count). The van der Waals surface area contributed by atoms with Gasteiger partial charge in [-0.2, -0.15) is 0 Å². The number of urea groups is 1. The van der Waals surface area contributed by atoms with Gasteiger partial charge in [-0.15, -0.1) is 0 Å². The van der Waals surface area contributed by atoms with Crippen LogP contribution in [0.1, 0.15) is 18.4 Å². The number of nitrogens with one attached hydrogen (secondary N) is 2. The minimum Gasteiger partial charge on any atom is -0.324 e. The first kappa shape index (κ1) is 17.8. The SMILES string of the molecule is Cc1ccc(NC(=O)[C@H]2CCCN(C(=O)Nc3ccccc3F)C2)nc1. The molecule has 0 bridgehead atoms. The fourth-order valence-corrected chi connectivity index (χ4v) is 2.90. The molecule has 0 radical (unpaired) electrons. The van der Waals surface area contributed by atoms with Crippen LogP contribution in [-0.2, 0) is 4.79 Å². The van der Waals surface area contributed by atoms with E-state index in [0.29, 0.717) is 25.2 Å². The van der Waals surface area contributed by atoms with E-state index in [4.69, 9.17) is 0 Å². The Bertz CT molecular complexity index is 794. The van der Waals surface area contributed by atoms with Crippen molar-refractivity contribution >= 4 is 23.4 Å². The highest BCUT2D eigenvalue weighted by Gasteiger charge is 2.29. The van der Waals surface area contributed by atoms with Crippen molar-refractivity contribution in [1.82, 2.24) is 9.88 Å². The number of amides is 3. The molecular formula is C19H21FN4O2. The molecule has 7 heteroatoms. The number of hydrogen-bond acceptors (Lipinski definition) is 3. The average Bonchev–Trinajstić information content (AvgIpc) is 2.65. The van der Waals surface area contributed by atoms with E-state index in [-0.39, 0.29) is 24.1 Å². The van der Waals surface area contributed by atoms with Gasteiger partial charge in [0.05, 0.1) is 11.6 Å². The summed E-state index contributed by atoms with van der Waals surface area (Å²) in [7, 11) is 0. The first-order chi connectivity index (χ1) is 12.5. The van der Waals surface area contributed by atoms with E-state index in [2.05, 4.69) is 15.6 Å². The lowest BCUT2D eigenvalue weighted by atomic mass is 9.97. The molecule has 2 heterocycles. The number of hydrogen-bond donors (Lipinski definition) is 2. The van der Waals surface area contributed by atoms with E-state index in [1.807, 2.05) is 13.0 Å². The lowest BCUT2D eigenvalue weighted by molar-refractivity contribution is -0.121. The van der Waals surface area contributed by atoms with Crippen LogP contribution >= 0.6 is 0 Å². The normalized spacial score (nSPS) is 16.8. The van der Waals surface area contributed by atoms with E-state index in [1.54, 1.807) is 29.3 Å². The van der Waals surface area contributed by atoms with Gasteiger partial charge in [0.1, 0.15) is 11.6 Å². The maximum Gasteiger partial charge on any atom is 0.321 e. The maximum atomic E-state index is 13.7. The summed E-state index contributed by atoms with van der Waals surface area (Å²) in [5.74, 6) is -0.478. The van der Waals surface area contributed by atoms with Crippen molar-refractivity contribution in [3.05, 3.63) is 54.0 Å². The Hall–Kier alpha value is -2.96. The standard InChI is InChI=1S/C19H21FN4O2/c1-13-8-9-17(21-11-13)23-18(25)14-5-4-10-24(12-14)19(26)22-16-7-3-2-6-15(16)20/h2-3,6-9,11,14H,4-5,10,12H2,1H3,(H,22,26)(H,21,23,25)/t14-/m0/s1. The van der Waals surface area contributed by atoms with Gasteiger partial charge in [0.25, 0.3) is 0 Å². The van der Waals surface area contributed by atoms with Crippen molar-refractivity contribution in [3.63, 3.8) is 0 Å². The molecule has 0 aliphatic carbocycles. The largest absolute Gasteiger partial charge is 0.324 e. The van der Waals surface area contributed by atoms with Gasteiger partial charge in [-0.25, -0.2) is 14.2 Å². The molecule has 6 nitrogen and oxygen atoms in total. The highest BCUT2D eigenvalue weighted by molar-refractivity contribution is 5.93. The number of anilines is 2. The zero-order chi connectivity index (χ0) is 18.5. The van der Waals surface area contributed by atoms with Crippen LogP contribution in [0.3, 0.4) is 0 Å². The second-order valence-electron chi connectivity index (χ2n) is 6.41. The first-order valence-electron chi connectivity index (χ1n) is 8.57. The predicted molar refractivity (Wildman–Crippen MR) is 97.3 cm³/mol. The Morgan fingerprint density at radius 1 is 1.19 bits per heavy atom. The molecular weight excluding hydrogens is 335 g/mol. The van der Waals surface area contributed by atoms with Crippen LogP contribution in [-0.4, -0.2) is 34.9 Å². The first-order valence-corrected chi connectivity index (χ1v) is 8.57. The Morgan fingerprint density at radius 2 is 2.00 bits per heavy atom. The monoisotopic (exact) mass is 356 g/mol. The number of halogens is 1. The lowest BCUT2D eigenvalue weighted by Crippen LogP contribution is -2.45. The summed E-state index contributed by atoms with van der Waals surface area (Å²) in [6, 6.07) is 9.23. The van der Waals surface area contributed by atoms with Crippen LogP contribution < -0.4 is 10.6 Å². The van der Waals surface area contributed by atoms with Crippen molar-refractivity contribution in [2.45, 2.75) is 19.8 Å². The molecule has 0 unspecified atom stereocenters. The molecule has 2 aromatic rings. The van der Waals surface area contributed by atoms with E-state index in [1.165, 1.54) is 12.1 Å². The van der Waals surface area contributed by atoms with Gasteiger partial charge in [0.15, 0.2) is 0 Å². The van der Waals surface area contributed by atoms with Crippen molar-refractivity contribution in [2.75, 3.05) is 23.7 Å². The van der Waals surface area contributed by atoms with E-state index < -0.39 is 11.8 Å². The minimum atomic E-state index is -0.488. The van der Waals surface area contributed by atoms with Crippen LogP contribution in [0, 0.1) is 18.7 Å². The molecule has 1 aromatic carbocycles. The number of para-hydroxylation sites is 1. The van der Waals surface area contributed by atoms with Crippen LogP contribution in [0.2, 0.25) is 0 Å². The average molecular weight is 356 g/mol. The molecule has 26 heavy (non-hydrogen) atoms. The topological polar surface area (TPSA) is 74.3 Å². The second-order valence-corrected chi connectivity index (χ2v) is 6.41. The van der Waals surface area contributed by atoms with Crippen LogP contribution in [0.4, 0.5) is 20.7 Å². The van der Waals surface area contributed by atoms with Gasteiger partial charge in [-0.3, -0.25) is 4.79 Å². The summed E-state index contributed by atoms with van der Waals surface area (Å²) in [6.07, 6.45) is 3.09. The van der Waals surface area contributed by atoms with Gasteiger partial charge in [0.2, 0.25) is 5.91 Å². The number of benzene rings is 1. The van der Waals surface area contributed by atoms with Crippen LogP contribution in [0.5, 0.6) is 0 Å². The Morgan fingerprint density at radius 3 is 2.73 bits per heavy atom. The van der Waals surface area contributed by atoms with Gasteiger partial charge < -0.3 is 15.5 Å². The molecule has 1 fully saturated rings. The Labute approximate surface area is 151 Å². The highest BCUT2D eigenvalue weighted by Crippen LogP contribution is 2.20. The lowest BCUT2D eigenvalue weighted by Gasteiger charge is -2.32. The third kappa shape index (κ3) is 4.36.